The smallest absolute Gasteiger partial charge is 0.0531 e. The summed E-state index contributed by atoms with van der Waals surface area (Å²) in [6, 6.07) is 15.8. The van der Waals surface area contributed by atoms with Gasteiger partial charge in [-0.05, 0) is 66.6 Å². The quantitative estimate of drug-likeness (QED) is 0.763. The number of aryl methyl sites for hydroxylation is 2. The van der Waals surface area contributed by atoms with Crippen LogP contribution in [0.15, 0.2) is 42.5 Å². The predicted molar refractivity (Wildman–Crippen MR) is 97.9 cm³/mol. The molecule has 2 heteroatoms. The Kier molecular flexibility index (Phi) is 5.02. The second-order valence-electron chi connectivity index (χ2n) is 6.51. The zero-order chi connectivity index (χ0) is 16.2. The number of ether oxygens (including phenoxy) is 1. The number of hydrogen-bond acceptors (Lipinski definition) is 2. The van der Waals surface area contributed by atoms with Crippen LogP contribution in [-0.4, -0.2) is 20.8 Å². The molecule has 1 aliphatic carbocycles. The highest BCUT2D eigenvalue weighted by Crippen LogP contribution is 2.35. The molecule has 0 N–H and O–H groups in total. The fourth-order valence-corrected chi connectivity index (χ4v) is 3.59. The van der Waals surface area contributed by atoms with E-state index in [0.29, 0.717) is 5.92 Å². The van der Waals surface area contributed by atoms with Gasteiger partial charge in [0, 0.05) is 31.5 Å². The van der Waals surface area contributed by atoms with Gasteiger partial charge in [-0.1, -0.05) is 25.1 Å². The minimum atomic E-state index is 0.562. The van der Waals surface area contributed by atoms with Crippen molar-refractivity contribution in [2.75, 3.05) is 25.7 Å². The largest absolute Gasteiger partial charge is 0.384 e. The van der Waals surface area contributed by atoms with Gasteiger partial charge in [0.25, 0.3) is 0 Å². The van der Waals surface area contributed by atoms with Crippen LogP contribution < -0.4 is 4.90 Å². The lowest BCUT2D eigenvalue weighted by molar-refractivity contribution is 0.172. The van der Waals surface area contributed by atoms with Crippen molar-refractivity contribution < 1.29 is 4.74 Å². The van der Waals surface area contributed by atoms with E-state index in [9.17, 15) is 0 Å². The van der Waals surface area contributed by atoms with Gasteiger partial charge in [0.2, 0.25) is 0 Å². The van der Waals surface area contributed by atoms with Crippen molar-refractivity contribution in [2.24, 2.45) is 0 Å². The van der Waals surface area contributed by atoms with E-state index >= 15 is 0 Å². The fourth-order valence-electron chi connectivity index (χ4n) is 3.59. The molecule has 2 nitrogen and oxygen atoms in total. The van der Waals surface area contributed by atoms with E-state index in [-0.39, 0.29) is 0 Å². The third-order valence-electron chi connectivity index (χ3n) is 5.05. The lowest BCUT2D eigenvalue weighted by Crippen LogP contribution is -2.16. The Morgan fingerprint density at radius 1 is 1.09 bits per heavy atom. The van der Waals surface area contributed by atoms with Crippen molar-refractivity contribution in [2.45, 2.75) is 38.5 Å². The molecule has 2 aromatic carbocycles. The Balaban J connectivity index is 1.85. The molecule has 122 valence electrons. The van der Waals surface area contributed by atoms with Crippen LogP contribution in [0.1, 0.15) is 42.4 Å². The average Bonchev–Trinajstić information content (AvgIpc) is 2.61. The second-order valence-corrected chi connectivity index (χ2v) is 6.51. The summed E-state index contributed by atoms with van der Waals surface area (Å²) in [5.41, 5.74) is 6.87. The average molecular weight is 309 g/mol. The Hall–Kier alpha value is -1.80. The molecule has 1 aliphatic rings. The summed E-state index contributed by atoms with van der Waals surface area (Å²) in [6.07, 6.45) is 4.78. The van der Waals surface area contributed by atoms with Crippen LogP contribution in [0.5, 0.6) is 0 Å². The van der Waals surface area contributed by atoms with Crippen molar-refractivity contribution in [1.82, 2.24) is 0 Å². The van der Waals surface area contributed by atoms with Gasteiger partial charge in [-0.2, -0.15) is 0 Å². The lowest BCUT2D eigenvalue weighted by Gasteiger charge is -2.27. The minimum Gasteiger partial charge on any atom is -0.384 e. The highest BCUT2D eigenvalue weighted by Gasteiger charge is 2.20. The molecule has 0 fully saturated rings. The molecular weight excluding hydrogens is 282 g/mol. The Bertz CT molecular complexity index is 647. The van der Waals surface area contributed by atoms with Crippen LogP contribution in [0.3, 0.4) is 0 Å². The molecule has 0 aliphatic heterocycles. The van der Waals surface area contributed by atoms with Crippen LogP contribution in [-0.2, 0) is 17.6 Å². The molecule has 1 unspecified atom stereocenters. The third-order valence-corrected chi connectivity index (χ3v) is 5.05. The molecule has 0 amide bonds. The summed E-state index contributed by atoms with van der Waals surface area (Å²) in [5, 5.41) is 0. The van der Waals surface area contributed by atoms with Crippen molar-refractivity contribution in [3.63, 3.8) is 0 Å². The van der Waals surface area contributed by atoms with E-state index in [1.54, 1.807) is 7.11 Å². The number of fused-ring (bicyclic) bond motifs is 1. The maximum atomic E-state index is 5.40. The molecule has 0 aromatic heterocycles. The standard InChI is InChI=1S/C21H27NO/c1-4-16-8-10-19(11-9-16)22(2)20-12-13-21-17(14-20)6-5-7-18(21)15-23-3/h8-14,18H,4-7,15H2,1-3H3. The normalized spacial score (nSPS) is 16.9. The lowest BCUT2D eigenvalue weighted by atomic mass is 9.83. The summed E-state index contributed by atoms with van der Waals surface area (Å²) >= 11 is 0. The summed E-state index contributed by atoms with van der Waals surface area (Å²) in [7, 11) is 3.95. The molecule has 0 heterocycles. The maximum Gasteiger partial charge on any atom is 0.0531 e. The van der Waals surface area contributed by atoms with Gasteiger partial charge in [0.05, 0.1) is 6.61 Å². The fraction of sp³-hybridized carbons (Fsp3) is 0.429. The van der Waals surface area contributed by atoms with Gasteiger partial charge < -0.3 is 9.64 Å². The molecule has 0 radical (unpaired) electrons. The first-order valence-corrected chi connectivity index (χ1v) is 8.67. The highest BCUT2D eigenvalue weighted by atomic mass is 16.5. The van der Waals surface area contributed by atoms with Gasteiger partial charge >= 0.3 is 0 Å². The summed E-state index contributed by atoms with van der Waals surface area (Å²) in [4.78, 5) is 2.28. The number of rotatable bonds is 5. The highest BCUT2D eigenvalue weighted by molar-refractivity contribution is 5.64. The monoisotopic (exact) mass is 309 g/mol. The van der Waals surface area contributed by atoms with Gasteiger partial charge in [0.1, 0.15) is 0 Å². The molecule has 0 saturated heterocycles. The minimum absolute atomic E-state index is 0.562. The summed E-state index contributed by atoms with van der Waals surface area (Å²) in [6.45, 7) is 3.03. The molecule has 2 aromatic rings. The maximum absolute atomic E-state index is 5.40. The Labute approximate surface area is 140 Å². The van der Waals surface area contributed by atoms with Crippen LogP contribution in [0.25, 0.3) is 0 Å². The van der Waals surface area contributed by atoms with E-state index in [0.717, 1.165) is 13.0 Å². The van der Waals surface area contributed by atoms with Crippen LogP contribution in [0.2, 0.25) is 0 Å². The van der Waals surface area contributed by atoms with Gasteiger partial charge in [0.15, 0.2) is 0 Å². The number of hydrogen-bond donors (Lipinski definition) is 0. The number of methoxy groups -OCH3 is 1. The van der Waals surface area contributed by atoms with Gasteiger partial charge in [-0.25, -0.2) is 0 Å². The number of nitrogens with zero attached hydrogens (tertiary/aromatic N) is 1. The van der Waals surface area contributed by atoms with E-state index in [4.69, 9.17) is 4.74 Å². The van der Waals surface area contributed by atoms with E-state index < -0.39 is 0 Å². The van der Waals surface area contributed by atoms with Gasteiger partial charge in [-0.15, -0.1) is 0 Å². The Morgan fingerprint density at radius 2 is 1.83 bits per heavy atom. The van der Waals surface area contributed by atoms with Crippen molar-refractivity contribution in [3.8, 4) is 0 Å². The summed E-state index contributed by atoms with van der Waals surface area (Å²) in [5.74, 6) is 0.562. The molecule has 0 bridgehead atoms. The van der Waals surface area contributed by atoms with Crippen LogP contribution >= 0.6 is 0 Å². The molecule has 1 atom stereocenters. The number of benzene rings is 2. The Morgan fingerprint density at radius 3 is 2.52 bits per heavy atom. The predicted octanol–water partition coefficient (Wildman–Crippen LogP) is 5.08. The van der Waals surface area contributed by atoms with Crippen LogP contribution in [0, 0.1) is 0 Å². The zero-order valence-electron chi connectivity index (χ0n) is 14.5. The summed E-state index contributed by atoms with van der Waals surface area (Å²) < 4.78 is 5.40. The molecule has 3 rings (SSSR count). The molecular formula is C21H27NO. The third kappa shape index (κ3) is 3.42. The number of anilines is 2. The van der Waals surface area contributed by atoms with Crippen molar-refractivity contribution in [3.05, 3.63) is 59.2 Å². The topological polar surface area (TPSA) is 12.5 Å². The van der Waals surface area contributed by atoms with E-state index in [1.807, 2.05) is 0 Å². The molecule has 23 heavy (non-hydrogen) atoms. The van der Waals surface area contributed by atoms with Crippen molar-refractivity contribution in [1.29, 1.82) is 0 Å². The first kappa shape index (κ1) is 16.1. The molecule has 0 saturated carbocycles. The van der Waals surface area contributed by atoms with Crippen molar-refractivity contribution >= 4 is 11.4 Å². The first-order valence-electron chi connectivity index (χ1n) is 8.67. The SMILES string of the molecule is CCc1ccc(N(C)c2ccc3c(c2)CCCC3COC)cc1. The van der Waals surface area contributed by atoms with E-state index in [1.165, 1.54) is 47.3 Å². The van der Waals surface area contributed by atoms with Gasteiger partial charge in [-0.3, -0.25) is 0 Å². The van der Waals surface area contributed by atoms with Crippen LogP contribution in [0.4, 0.5) is 11.4 Å². The van der Waals surface area contributed by atoms with E-state index in [2.05, 4.69) is 61.3 Å². The molecule has 0 spiro atoms. The second kappa shape index (κ2) is 7.18. The first-order chi connectivity index (χ1) is 11.2. The zero-order valence-corrected chi connectivity index (χ0v) is 14.5.